The van der Waals surface area contributed by atoms with Crippen molar-refractivity contribution < 1.29 is 4.79 Å². The largest absolute Gasteiger partial charge is 0.290 e. The van der Waals surface area contributed by atoms with Crippen LogP contribution in [0.4, 0.5) is 0 Å². The molecule has 0 aliphatic heterocycles. The fraction of sp³-hybridized carbons (Fsp3) is 0.250. The van der Waals surface area contributed by atoms with Crippen LogP contribution < -0.4 is 5.56 Å². The third kappa shape index (κ3) is 2.43. The summed E-state index contributed by atoms with van der Waals surface area (Å²) >= 11 is 0. The Morgan fingerprint density at radius 1 is 1.27 bits per heavy atom. The van der Waals surface area contributed by atoms with E-state index in [2.05, 4.69) is 35.8 Å². The summed E-state index contributed by atoms with van der Waals surface area (Å²) in [6.07, 6.45) is 4.57. The minimum atomic E-state index is -0.243. The van der Waals surface area contributed by atoms with Crippen LogP contribution in [0.2, 0.25) is 0 Å². The van der Waals surface area contributed by atoms with Gasteiger partial charge in [0.25, 0.3) is 5.56 Å². The summed E-state index contributed by atoms with van der Waals surface area (Å²) in [6.45, 7) is 6.30. The van der Waals surface area contributed by atoms with Gasteiger partial charge < -0.3 is 0 Å². The van der Waals surface area contributed by atoms with Gasteiger partial charge in [0.05, 0.1) is 22.7 Å². The molecule has 22 heavy (non-hydrogen) atoms. The van der Waals surface area contributed by atoms with Gasteiger partial charge in [-0.25, -0.2) is 9.67 Å². The first kappa shape index (κ1) is 14.2. The summed E-state index contributed by atoms with van der Waals surface area (Å²) in [7, 11) is 0. The van der Waals surface area contributed by atoms with E-state index in [1.54, 1.807) is 12.4 Å². The molecular formula is C16H15N4O2. The number of nitrogens with one attached hydrogen (secondary N) is 1. The van der Waals surface area contributed by atoms with E-state index < -0.39 is 0 Å². The topological polar surface area (TPSA) is 80.6 Å². The van der Waals surface area contributed by atoms with Crippen LogP contribution in [0.1, 0.15) is 31.9 Å². The van der Waals surface area contributed by atoms with Crippen LogP contribution in [-0.4, -0.2) is 26.0 Å². The van der Waals surface area contributed by atoms with Gasteiger partial charge in [0, 0.05) is 6.20 Å². The zero-order chi connectivity index (χ0) is 15.9. The molecule has 0 aliphatic carbocycles. The Morgan fingerprint density at radius 3 is 2.68 bits per heavy atom. The Kier molecular flexibility index (Phi) is 3.16. The molecule has 0 aliphatic rings. The standard InChI is InChI=1S/C16H15N4O2/c1-16(2,3)11-4-5-12-13(6-11)18-15(19-14(12)22)20-8-10(9-21)7-17-20/h4-8H,1-3H3,(H,18,19,22). The molecule has 1 radical (unpaired) electrons. The highest BCUT2D eigenvalue weighted by molar-refractivity contribution is 5.79. The van der Waals surface area contributed by atoms with Crippen LogP contribution in [-0.2, 0) is 10.2 Å². The average molecular weight is 295 g/mol. The molecule has 0 saturated carbocycles. The lowest BCUT2D eigenvalue weighted by molar-refractivity contribution is 0.562. The van der Waals surface area contributed by atoms with E-state index in [0.29, 0.717) is 16.5 Å². The summed E-state index contributed by atoms with van der Waals surface area (Å²) < 4.78 is 1.35. The Bertz CT molecular complexity index is 916. The quantitative estimate of drug-likeness (QED) is 0.782. The average Bonchev–Trinajstić information content (AvgIpc) is 2.94. The maximum Gasteiger partial charge on any atom is 0.260 e. The molecule has 0 atom stereocenters. The molecule has 0 bridgehead atoms. The van der Waals surface area contributed by atoms with Crippen molar-refractivity contribution in [3.05, 3.63) is 52.1 Å². The van der Waals surface area contributed by atoms with Crippen LogP contribution in [0, 0.1) is 0 Å². The van der Waals surface area contributed by atoms with E-state index >= 15 is 0 Å². The molecule has 6 nitrogen and oxygen atoms in total. The van der Waals surface area contributed by atoms with Gasteiger partial charge in [-0.1, -0.05) is 26.8 Å². The van der Waals surface area contributed by atoms with Gasteiger partial charge in [-0.2, -0.15) is 5.10 Å². The lowest BCUT2D eigenvalue weighted by Gasteiger charge is -2.19. The van der Waals surface area contributed by atoms with Crippen molar-refractivity contribution in [2.24, 2.45) is 0 Å². The minimum Gasteiger partial charge on any atom is -0.290 e. The maximum absolute atomic E-state index is 12.2. The second-order valence-corrected chi connectivity index (χ2v) is 6.15. The van der Waals surface area contributed by atoms with Gasteiger partial charge in [0.15, 0.2) is 0 Å². The number of aromatic nitrogens is 4. The number of carbonyl (C=O) groups excluding carboxylic acids is 1. The number of hydrogen-bond acceptors (Lipinski definition) is 4. The Hall–Kier alpha value is -2.76. The molecule has 0 unspecified atom stereocenters. The SMILES string of the molecule is CC(C)(C)c1ccc2c(=O)[nH]c(-n3cc([C]=O)cn3)nc2c1. The van der Waals surface area contributed by atoms with E-state index in [1.165, 1.54) is 17.1 Å². The number of rotatable bonds is 2. The predicted octanol–water partition coefficient (Wildman–Crippen LogP) is 1.86. The summed E-state index contributed by atoms with van der Waals surface area (Å²) in [5.41, 5.74) is 1.70. The molecule has 3 rings (SSSR count). The van der Waals surface area contributed by atoms with Gasteiger partial charge >= 0.3 is 0 Å². The van der Waals surface area contributed by atoms with E-state index in [-0.39, 0.29) is 16.9 Å². The molecule has 0 amide bonds. The highest BCUT2D eigenvalue weighted by Gasteiger charge is 2.15. The summed E-state index contributed by atoms with van der Waals surface area (Å²) in [6, 6.07) is 5.62. The van der Waals surface area contributed by atoms with Gasteiger partial charge in [-0.15, -0.1) is 0 Å². The van der Waals surface area contributed by atoms with Gasteiger partial charge in [-0.05, 0) is 23.1 Å². The number of aromatic amines is 1. The Balaban J connectivity index is 2.21. The first-order chi connectivity index (χ1) is 10.4. The predicted molar refractivity (Wildman–Crippen MR) is 83.0 cm³/mol. The van der Waals surface area contributed by atoms with E-state index in [1.807, 2.05) is 12.1 Å². The molecule has 111 valence electrons. The fourth-order valence-electron chi connectivity index (χ4n) is 2.19. The number of nitrogens with zero attached hydrogens (tertiary/aromatic N) is 3. The molecule has 2 heterocycles. The molecule has 0 saturated heterocycles. The number of benzene rings is 1. The molecule has 1 aromatic carbocycles. The normalized spacial score (nSPS) is 11.8. The monoisotopic (exact) mass is 295 g/mol. The van der Waals surface area contributed by atoms with Crippen molar-refractivity contribution in [2.45, 2.75) is 26.2 Å². The van der Waals surface area contributed by atoms with Crippen molar-refractivity contribution in [2.75, 3.05) is 0 Å². The third-order valence-corrected chi connectivity index (χ3v) is 3.48. The van der Waals surface area contributed by atoms with Crippen LogP contribution in [0.3, 0.4) is 0 Å². The van der Waals surface area contributed by atoms with Gasteiger partial charge in [0.2, 0.25) is 12.2 Å². The molecule has 3 aromatic rings. The second kappa shape index (κ2) is 4.91. The number of H-pyrrole nitrogens is 1. The number of hydrogen-bond donors (Lipinski definition) is 1. The van der Waals surface area contributed by atoms with Crippen molar-refractivity contribution in [3.63, 3.8) is 0 Å². The van der Waals surface area contributed by atoms with E-state index in [4.69, 9.17) is 0 Å². The van der Waals surface area contributed by atoms with Crippen LogP contribution in [0.15, 0.2) is 35.4 Å². The second-order valence-electron chi connectivity index (χ2n) is 6.15. The third-order valence-electron chi connectivity index (χ3n) is 3.48. The lowest BCUT2D eigenvalue weighted by atomic mass is 9.87. The fourth-order valence-corrected chi connectivity index (χ4v) is 2.19. The highest BCUT2D eigenvalue weighted by atomic mass is 16.1. The Morgan fingerprint density at radius 2 is 2.05 bits per heavy atom. The van der Waals surface area contributed by atoms with Crippen molar-refractivity contribution >= 4 is 17.2 Å². The summed E-state index contributed by atoms with van der Waals surface area (Å²) in [5, 5.41) is 4.52. The van der Waals surface area contributed by atoms with E-state index in [0.717, 1.165) is 5.56 Å². The van der Waals surface area contributed by atoms with Crippen molar-refractivity contribution in [1.29, 1.82) is 0 Å². The zero-order valence-electron chi connectivity index (χ0n) is 12.5. The zero-order valence-corrected chi connectivity index (χ0v) is 12.5. The lowest BCUT2D eigenvalue weighted by Crippen LogP contribution is -2.16. The molecule has 1 N–H and O–H groups in total. The van der Waals surface area contributed by atoms with Crippen LogP contribution in [0.5, 0.6) is 0 Å². The maximum atomic E-state index is 12.2. The van der Waals surface area contributed by atoms with E-state index in [9.17, 15) is 9.59 Å². The molecule has 0 spiro atoms. The van der Waals surface area contributed by atoms with Crippen molar-refractivity contribution in [3.8, 4) is 5.95 Å². The number of fused-ring (bicyclic) bond motifs is 1. The first-order valence-electron chi connectivity index (χ1n) is 6.86. The van der Waals surface area contributed by atoms with Crippen LogP contribution in [0.25, 0.3) is 16.9 Å². The van der Waals surface area contributed by atoms with Crippen LogP contribution >= 0.6 is 0 Å². The smallest absolute Gasteiger partial charge is 0.260 e. The van der Waals surface area contributed by atoms with Gasteiger partial charge in [0.1, 0.15) is 0 Å². The van der Waals surface area contributed by atoms with Gasteiger partial charge in [-0.3, -0.25) is 14.6 Å². The molecule has 2 aromatic heterocycles. The summed E-state index contributed by atoms with van der Waals surface area (Å²) in [4.78, 5) is 29.9. The molecule has 6 heteroatoms. The Labute approximate surface area is 126 Å². The minimum absolute atomic E-state index is 0.0377. The first-order valence-corrected chi connectivity index (χ1v) is 6.86. The molecular weight excluding hydrogens is 280 g/mol. The molecule has 0 fully saturated rings. The highest BCUT2D eigenvalue weighted by Crippen LogP contribution is 2.24. The summed E-state index contributed by atoms with van der Waals surface area (Å²) in [5.74, 6) is 0.269. The van der Waals surface area contributed by atoms with Crippen molar-refractivity contribution in [1.82, 2.24) is 19.7 Å².